The van der Waals surface area contributed by atoms with Gasteiger partial charge in [0, 0.05) is 26.4 Å². The van der Waals surface area contributed by atoms with Crippen molar-refractivity contribution >= 4 is 60.4 Å². The van der Waals surface area contributed by atoms with Crippen molar-refractivity contribution in [1.29, 1.82) is 0 Å². The maximum absolute atomic E-state index is 12.5. The Morgan fingerprint density at radius 2 is 1.86 bits per heavy atom. The zero-order valence-electron chi connectivity index (χ0n) is 15.1. The van der Waals surface area contributed by atoms with E-state index >= 15 is 0 Å². The maximum atomic E-state index is 12.5. The molecular formula is C21H15Br2N3O2S. The molecule has 0 saturated carbocycles. The summed E-state index contributed by atoms with van der Waals surface area (Å²) in [4.78, 5) is 12.5. The Morgan fingerprint density at radius 1 is 1.10 bits per heavy atom. The van der Waals surface area contributed by atoms with Crippen LogP contribution in [0, 0.1) is 0 Å². The normalized spacial score (nSPS) is 11.1. The number of fused-ring (bicyclic) bond motifs is 1. The highest BCUT2D eigenvalue weighted by Crippen LogP contribution is 2.31. The molecule has 0 radical (unpaired) electrons. The zero-order chi connectivity index (χ0) is 20.4. The van der Waals surface area contributed by atoms with Crippen molar-refractivity contribution < 1.29 is 9.21 Å². The smallest absolute Gasteiger partial charge is 0.200 e. The number of carbonyl (C=O) groups is 1. The number of Topliss-reactive ketones (excluding diaryl/α,β-unsaturated/α-hetero) is 1. The summed E-state index contributed by atoms with van der Waals surface area (Å²) in [5, 5.41) is 10.2. The number of hydrogen-bond donors (Lipinski definition) is 0. The summed E-state index contributed by atoms with van der Waals surface area (Å²) in [5.41, 5.74) is 1.44. The second-order valence-electron chi connectivity index (χ2n) is 6.22. The number of aromatic nitrogens is 3. The molecule has 2 aromatic heterocycles. The van der Waals surface area contributed by atoms with E-state index in [9.17, 15) is 4.79 Å². The van der Waals surface area contributed by atoms with E-state index in [1.165, 1.54) is 11.8 Å². The van der Waals surface area contributed by atoms with Gasteiger partial charge in [-0.2, -0.15) is 0 Å². The third-order valence-electron chi connectivity index (χ3n) is 4.23. The van der Waals surface area contributed by atoms with E-state index in [0.29, 0.717) is 28.8 Å². The molecule has 146 valence electrons. The summed E-state index contributed by atoms with van der Waals surface area (Å²) in [5.74, 6) is 1.53. The summed E-state index contributed by atoms with van der Waals surface area (Å²) in [7, 11) is 0. The van der Waals surface area contributed by atoms with Gasteiger partial charge in [0.15, 0.2) is 16.7 Å². The lowest BCUT2D eigenvalue weighted by Crippen LogP contribution is -2.05. The van der Waals surface area contributed by atoms with Crippen molar-refractivity contribution in [3.05, 3.63) is 75.7 Å². The molecule has 0 aliphatic heterocycles. The first-order valence-electron chi connectivity index (χ1n) is 8.70. The Hall–Kier alpha value is -2.16. The van der Waals surface area contributed by atoms with Crippen molar-refractivity contribution in [2.24, 2.45) is 0 Å². The third-order valence-corrected chi connectivity index (χ3v) is 6.21. The van der Waals surface area contributed by atoms with Crippen LogP contribution in [0.1, 0.15) is 10.4 Å². The van der Waals surface area contributed by atoms with Crippen LogP contribution in [0.25, 0.3) is 22.6 Å². The van der Waals surface area contributed by atoms with Crippen LogP contribution in [-0.4, -0.2) is 26.3 Å². The van der Waals surface area contributed by atoms with Gasteiger partial charge < -0.3 is 4.42 Å². The molecule has 0 atom stereocenters. The molecule has 0 spiro atoms. The highest BCUT2D eigenvalue weighted by molar-refractivity contribution is 9.10. The van der Waals surface area contributed by atoms with Gasteiger partial charge in [-0.1, -0.05) is 61.8 Å². The molecule has 0 unspecified atom stereocenters. The highest BCUT2D eigenvalue weighted by Gasteiger charge is 2.18. The molecule has 0 saturated heterocycles. The van der Waals surface area contributed by atoms with Crippen LogP contribution in [-0.2, 0) is 6.54 Å². The molecule has 4 aromatic rings. The molecule has 4 rings (SSSR count). The zero-order valence-corrected chi connectivity index (χ0v) is 19.1. The Balaban J connectivity index is 1.59. The average Bonchev–Trinajstić information content (AvgIpc) is 3.30. The molecule has 0 aliphatic rings. The van der Waals surface area contributed by atoms with Gasteiger partial charge in [-0.05, 0) is 36.4 Å². The minimum atomic E-state index is 0.0331. The van der Waals surface area contributed by atoms with Gasteiger partial charge in [-0.3, -0.25) is 9.36 Å². The molecule has 0 aliphatic carbocycles. The first-order valence-corrected chi connectivity index (χ1v) is 11.3. The predicted octanol–water partition coefficient (Wildman–Crippen LogP) is 6.38. The molecule has 0 bridgehead atoms. The first kappa shape index (κ1) is 20.1. The summed E-state index contributed by atoms with van der Waals surface area (Å²) in [6.45, 7) is 4.33. The van der Waals surface area contributed by atoms with E-state index in [-0.39, 0.29) is 11.5 Å². The van der Waals surface area contributed by atoms with Gasteiger partial charge in [-0.15, -0.1) is 16.8 Å². The molecule has 2 aromatic carbocycles. The van der Waals surface area contributed by atoms with Crippen molar-refractivity contribution in [3.63, 3.8) is 0 Å². The Kier molecular flexibility index (Phi) is 6.03. The lowest BCUT2D eigenvalue weighted by atomic mass is 10.2. The molecule has 0 fully saturated rings. The number of rotatable bonds is 7. The number of nitrogens with zero attached hydrogens (tertiary/aromatic N) is 3. The van der Waals surface area contributed by atoms with Crippen LogP contribution in [0.15, 0.2) is 79.7 Å². The number of allylic oxidation sites excluding steroid dienone is 1. The average molecular weight is 533 g/mol. The fourth-order valence-electron chi connectivity index (χ4n) is 2.85. The topological polar surface area (TPSA) is 60.9 Å². The largest absolute Gasteiger partial charge is 0.453 e. The summed E-state index contributed by atoms with van der Waals surface area (Å²) >= 11 is 8.20. The number of carbonyl (C=O) groups excluding carboxylic acids is 1. The standard InChI is InChI=1S/C21H15Br2N3O2S/c1-2-9-26-20(19-11-14-10-16(23)7-8-18(14)28-19)24-25-21(26)29-12-17(27)13-3-5-15(22)6-4-13/h2-8,10-11H,1,9,12H2. The summed E-state index contributed by atoms with van der Waals surface area (Å²) in [6, 6.07) is 15.1. The second kappa shape index (κ2) is 8.69. The van der Waals surface area contributed by atoms with Crippen LogP contribution >= 0.6 is 43.6 Å². The molecular weight excluding hydrogens is 518 g/mol. The van der Waals surface area contributed by atoms with E-state index in [0.717, 1.165) is 19.9 Å². The highest BCUT2D eigenvalue weighted by atomic mass is 79.9. The fourth-order valence-corrected chi connectivity index (χ4v) is 4.33. The van der Waals surface area contributed by atoms with Crippen molar-refractivity contribution in [2.45, 2.75) is 11.7 Å². The van der Waals surface area contributed by atoms with Gasteiger partial charge in [0.2, 0.25) is 5.82 Å². The number of ketones is 1. The van der Waals surface area contributed by atoms with Crippen LogP contribution < -0.4 is 0 Å². The van der Waals surface area contributed by atoms with Crippen molar-refractivity contribution in [3.8, 4) is 11.6 Å². The lowest BCUT2D eigenvalue weighted by molar-refractivity contribution is 0.102. The maximum Gasteiger partial charge on any atom is 0.200 e. The van der Waals surface area contributed by atoms with Crippen LogP contribution in [0.4, 0.5) is 0 Å². The predicted molar refractivity (Wildman–Crippen MR) is 122 cm³/mol. The van der Waals surface area contributed by atoms with Gasteiger partial charge in [-0.25, -0.2) is 0 Å². The Labute approximate surface area is 188 Å². The molecule has 5 nitrogen and oxygen atoms in total. The molecule has 0 N–H and O–H groups in total. The Morgan fingerprint density at radius 3 is 2.62 bits per heavy atom. The van der Waals surface area contributed by atoms with E-state index < -0.39 is 0 Å². The van der Waals surface area contributed by atoms with Crippen molar-refractivity contribution in [1.82, 2.24) is 14.8 Å². The lowest BCUT2D eigenvalue weighted by Gasteiger charge is -2.06. The number of halogens is 2. The SMILES string of the molecule is C=CCn1c(SCC(=O)c2ccc(Br)cc2)nnc1-c1cc2cc(Br)ccc2o1. The van der Waals surface area contributed by atoms with E-state index in [1.807, 2.05) is 41.0 Å². The number of benzene rings is 2. The minimum absolute atomic E-state index is 0.0331. The Bertz CT molecular complexity index is 1200. The van der Waals surface area contributed by atoms with Crippen molar-refractivity contribution in [2.75, 3.05) is 5.75 Å². The monoisotopic (exact) mass is 531 g/mol. The van der Waals surface area contributed by atoms with E-state index in [2.05, 4.69) is 48.6 Å². The molecule has 0 amide bonds. The minimum Gasteiger partial charge on any atom is -0.453 e. The third kappa shape index (κ3) is 4.39. The van der Waals surface area contributed by atoms with Gasteiger partial charge in [0.05, 0.1) is 5.75 Å². The van der Waals surface area contributed by atoms with E-state index in [1.54, 1.807) is 18.2 Å². The van der Waals surface area contributed by atoms with Gasteiger partial charge in [0.1, 0.15) is 5.58 Å². The molecule has 8 heteroatoms. The second-order valence-corrected chi connectivity index (χ2v) is 8.99. The quantitative estimate of drug-likeness (QED) is 0.157. The summed E-state index contributed by atoms with van der Waals surface area (Å²) < 4.78 is 9.78. The molecule has 2 heterocycles. The van der Waals surface area contributed by atoms with E-state index in [4.69, 9.17) is 4.42 Å². The fraction of sp³-hybridized carbons (Fsp3) is 0.0952. The summed E-state index contributed by atoms with van der Waals surface area (Å²) in [6.07, 6.45) is 1.77. The van der Waals surface area contributed by atoms with Gasteiger partial charge >= 0.3 is 0 Å². The van der Waals surface area contributed by atoms with Crippen LogP contribution in [0.2, 0.25) is 0 Å². The number of hydrogen-bond acceptors (Lipinski definition) is 5. The first-order chi connectivity index (χ1) is 14.0. The number of furan rings is 1. The van der Waals surface area contributed by atoms with Crippen LogP contribution in [0.3, 0.4) is 0 Å². The van der Waals surface area contributed by atoms with Gasteiger partial charge in [0.25, 0.3) is 0 Å². The van der Waals surface area contributed by atoms with Crippen LogP contribution in [0.5, 0.6) is 0 Å². The number of thioether (sulfide) groups is 1. The molecule has 29 heavy (non-hydrogen) atoms.